The SMILES string of the molecule is COc1ccc(-c2ccc3nnc(SCC(=O)Nc4ccc(F)c(Cl)c4)n3n2)cc1. The lowest BCUT2D eigenvalue weighted by molar-refractivity contribution is -0.113. The topological polar surface area (TPSA) is 81.4 Å². The summed E-state index contributed by atoms with van der Waals surface area (Å²) < 4.78 is 20.0. The number of hydrogen-bond acceptors (Lipinski definition) is 6. The average Bonchev–Trinajstić information content (AvgIpc) is 3.17. The highest BCUT2D eigenvalue weighted by atomic mass is 35.5. The molecule has 0 bridgehead atoms. The standard InChI is InChI=1S/C20H15ClFN5O2S/c1-29-14-5-2-12(3-6-14)17-8-9-18-24-25-20(27(18)26-17)30-11-19(28)23-13-4-7-16(22)15(21)10-13/h2-10H,11H2,1H3,(H,23,28). The van der Waals surface area contributed by atoms with Gasteiger partial charge in [-0.1, -0.05) is 23.4 Å². The van der Waals surface area contributed by atoms with E-state index in [0.29, 0.717) is 16.5 Å². The lowest BCUT2D eigenvalue weighted by Crippen LogP contribution is -2.14. The molecule has 0 saturated heterocycles. The molecule has 2 aromatic carbocycles. The Labute approximate surface area is 180 Å². The number of methoxy groups -OCH3 is 1. The molecule has 4 aromatic rings. The Balaban J connectivity index is 1.48. The largest absolute Gasteiger partial charge is 0.497 e. The van der Waals surface area contributed by atoms with Gasteiger partial charge in [0.05, 0.1) is 23.6 Å². The van der Waals surface area contributed by atoms with Crippen LogP contribution in [0.15, 0.2) is 59.8 Å². The number of thioether (sulfide) groups is 1. The summed E-state index contributed by atoms with van der Waals surface area (Å²) in [4.78, 5) is 12.2. The number of carbonyl (C=O) groups excluding carboxylic acids is 1. The zero-order valence-electron chi connectivity index (χ0n) is 15.7. The number of rotatable bonds is 6. The summed E-state index contributed by atoms with van der Waals surface area (Å²) in [5.74, 6) is 0.00167. The molecular weight excluding hydrogens is 429 g/mol. The summed E-state index contributed by atoms with van der Waals surface area (Å²) in [6.07, 6.45) is 0. The first-order valence-corrected chi connectivity index (χ1v) is 10.1. The van der Waals surface area contributed by atoms with Gasteiger partial charge >= 0.3 is 0 Å². The number of nitrogens with zero attached hydrogens (tertiary/aromatic N) is 4. The van der Waals surface area contributed by atoms with E-state index in [0.717, 1.165) is 17.0 Å². The van der Waals surface area contributed by atoms with Crippen molar-refractivity contribution in [2.24, 2.45) is 0 Å². The fourth-order valence-corrected chi connectivity index (χ4v) is 3.54. The molecule has 0 aliphatic rings. The number of halogens is 2. The molecule has 1 N–H and O–H groups in total. The first-order valence-electron chi connectivity index (χ1n) is 8.78. The van der Waals surface area contributed by atoms with Crippen LogP contribution in [0.1, 0.15) is 0 Å². The van der Waals surface area contributed by atoms with Crippen molar-refractivity contribution in [1.82, 2.24) is 19.8 Å². The summed E-state index contributed by atoms with van der Waals surface area (Å²) >= 11 is 6.92. The second kappa shape index (κ2) is 8.68. The highest BCUT2D eigenvalue weighted by Gasteiger charge is 2.12. The first kappa shape index (κ1) is 20.1. The summed E-state index contributed by atoms with van der Waals surface area (Å²) in [5.41, 5.74) is 2.63. The third-order valence-electron chi connectivity index (χ3n) is 4.16. The third-order valence-corrected chi connectivity index (χ3v) is 5.36. The van der Waals surface area contributed by atoms with E-state index in [1.165, 1.54) is 30.0 Å². The summed E-state index contributed by atoms with van der Waals surface area (Å²) in [6.45, 7) is 0. The van der Waals surface area contributed by atoms with Gasteiger partial charge in [-0.05, 0) is 54.6 Å². The van der Waals surface area contributed by atoms with Gasteiger partial charge in [0.25, 0.3) is 0 Å². The maximum atomic E-state index is 13.2. The molecule has 7 nitrogen and oxygen atoms in total. The molecule has 152 valence electrons. The van der Waals surface area contributed by atoms with E-state index in [-0.39, 0.29) is 16.7 Å². The van der Waals surface area contributed by atoms with E-state index in [9.17, 15) is 9.18 Å². The Morgan fingerprint density at radius 3 is 2.70 bits per heavy atom. The summed E-state index contributed by atoms with van der Waals surface area (Å²) in [6, 6.07) is 15.2. The first-order chi connectivity index (χ1) is 14.5. The van der Waals surface area contributed by atoms with Gasteiger partial charge in [-0.3, -0.25) is 4.79 Å². The van der Waals surface area contributed by atoms with Crippen LogP contribution in [0.5, 0.6) is 5.75 Å². The quantitative estimate of drug-likeness (QED) is 0.447. The van der Waals surface area contributed by atoms with Crippen molar-refractivity contribution in [3.8, 4) is 17.0 Å². The lowest BCUT2D eigenvalue weighted by atomic mass is 10.1. The molecule has 0 aliphatic carbocycles. The van der Waals surface area contributed by atoms with Crippen LogP contribution in [0, 0.1) is 5.82 Å². The van der Waals surface area contributed by atoms with Gasteiger partial charge in [0.15, 0.2) is 5.65 Å². The normalized spacial score (nSPS) is 10.9. The second-order valence-electron chi connectivity index (χ2n) is 6.17. The van der Waals surface area contributed by atoms with Crippen LogP contribution in [0.25, 0.3) is 16.9 Å². The smallest absolute Gasteiger partial charge is 0.234 e. The van der Waals surface area contributed by atoms with Gasteiger partial charge in [-0.25, -0.2) is 4.39 Å². The predicted molar refractivity (Wildman–Crippen MR) is 114 cm³/mol. The summed E-state index contributed by atoms with van der Waals surface area (Å²) in [7, 11) is 1.61. The number of nitrogens with one attached hydrogen (secondary N) is 1. The molecule has 4 rings (SSSR count). The Morgan fingerprint density at radius 2 is 1.97 bits per heavy atom. The summed E-state index contributed by atoms with van der Waals surface area (Å²) in [5, 5.41) is 15.9. The van der Waals surface area contributed by atoms with Gasteiger partial charge in [0.1, 0.15) is 11.6 Å². The molecule has 0 spiro atoms. The number of fused-ring (bicyclic) bond motifs is 1. The fraction of sp³-hybridized carbons (Fsp3) is 0.100. The van der Waals surface area contributed by atoms with Crippen molar-refractivity contribution in [2.45, 2.75) is 5.16 Å². The van der Waals surface area contributed by atoms with Crippen molar-refractivity contribution in [2.75, 3.05) is 18.2 Å². The van der Waals surface area contributed by atoms with Gasteiger partial charge < -0.3 is 10.1 Å². The predicted octanol–water partition coefficient (Wildman–Crippen LogP) is 4.32. The minimum Gasteiger partial charge on any atom is -0.497 e. The zero-order valence-corrected chi connectivity index (χ0v) is 17.2. The maximum Gasteiger partial charge on any atom is 0.234 e. The lowest BCUT2D eigenvalue weighted by Gasteiger charge is -2.06. The molecule has 30 heavy (non-hydrogen) atoms. The molecular formula is C20H15ClFN5O2S. The Bertz CT molecular complexity index is 1220. The van der Waals surface area contributed by atoms with Crippen LogP contribution in [0.4, 0.5) is 10.1 Å². The molecule has 0 atom stereocenters. The Morgan fingerprint density at radius 1 is 1.17 bits per heavy atom. The minimum atomic E-state index is -0.544. The monoisotopic (exact) mass is 443 g/mol. The molecule has 0 fully saturated rings. The van der Waals surface area contributed by atoms with Crippen molar-refractivity contribution in [3.05, 3.63) is 65.4 Å². The van der Waals surface area contributed by atoms with Gasteiger partial charge in [-0.2, -0.15) is 9.61 Å². The van der Waals surface area contributed by atoms with Crippen LogP contribution >= 0.6 is 23.4 Å². The molecule has 0 radical (unpaired) electrons. The van der Waals surface area contributed by atoms with Crippen LogP contribution < -0.4 is 10.1 Å². The molecule has 2 heterocycles. The molecule has 0 aliphatic heterocycles. The van der Waals surface area contributed by atoms with Crippen LogP contribution in [-0.2, 0) is 4.79 Å². The van der Waals surface area contributed by atoms with E-state index < -0.39 is 5.82 Å². The highest BCUT2D eigenvalue weighted by molar-refractivity contribution is 7.99. The second-order valence-corrected chi connectivity index (χ2v) is 7.52. The molecule has 1 amide bonds. The molecule has 0 saturated carbocycles. The number of benzene rings is 2. The number of carbonyl (C=O) groups is 1. The van der Waals surface area contributed by atoms with Crippen molar-refractivity contribution in [3.63, 3.8) is 0 Å². The average molecular weight is 444 g/mol. The Kier molecular flexibility index (Phi) is 5.82. The van der Waals surface area contributed by atoms with Crippen LogP contribution in [-0.4, -0.2) is 38.6 Å². The Hall–Kier alpha value is -3.17. The van der Waals surface area contributed by atoms with E-state index >= 15 is 0 Å². The van der Waals surface area contributed by atoms with E-state index in [2.05, 4.69) is 20.6 Å². The van der Waals surface area contributed by atoms with Crippen LogP contribution in [0.3, 0.4) is 0 Å². The van der Waals surface area contributed by atoms with Gasteiger partial charge in [0.2, 0.25) is 11.1 Å². The van der Waals surface area contributed by atoms with Crippen molar-refractivity contribution < 1.29 is 13.9 Å². The van der Waals surface area contributed by atoms with E-state index in [4.69, 9.17) is 16.3 Å². The van der Waals surface area contributed by atoms with Crippen molar-refractivity contribution in [1.29, 1.82) is 0 Å². The fourth-order valence-electron chi connectivity index (χ4n) is 2.68. The van der Waals surface area contributed by atoms with E-state index in [1.54, 1.807) is 11.6 Å². The number of hydrogen-bond donors (Lipinski definition) is 1. The molecule has 0 unspecified atom stereocenters. The van der Waals surface area contributed by atoms with Crippen molar-refractivity contribution >= 4 is 40.6 Å². The molecule has 10 heteroatoms. The number of aromatic nitrogens is 4. The minimum absolute atomic E-state index is 0.0563. The van der Waals surface area contributed by atoms with Gasteiger partial charge in [0, 0.05) is 11.3 Å². The third kappa shape index (κ3) is 4.37. The van der Waals surface area contributed by atoms with E-state index in [1.807, 2.05) is 36.4 Å². The van der Waals surface area contributed by atoms with Crippen LogP contribution in [0.2, 0.25) is 5.02 Å². The molecule has 2 aromatic heterocycles. The number of anilines is 1. The maximum absolute atomic E-state index is 13.2. The zero-order chi connectivity index (χ0) is 21.1. The number of amides is 1. The highest BCUT2D eigenvalue weighted by Crippen LogP contribution is 2.23. The number of ether oxygens (including phenoxy) is 1. The van der Waals surface area contributed by atoms with Gasteiger partial charge in [-0.15, -0.1) is 10.2 Å².